The van der Waals surface area contributed by atoms with Gasteiger partial charge in [0.05, 0.1) is 40.0 Å². The molecule has 1 aromatic rings. The van der Waals surface area contributed by atoms with Crippen LogP contribution in [0.3, 0.4) is 0 Å². The first-order valence-corrected chi connectivity index (χ1v) is 25.4. The van der Waals surface area contributed by atoms with Gasteiger partial charge in [-0.05, 0) is 63.5 Å². The van der Waals surface area contributed by atoms with Gasteiger partial charge in [0.25, 0.3) is 0 Å². The van der Waals surface area contributed by atoms with Crippen molar-refractivity contribution in [1.82, 2.24) is 0 Å². The summed E-state index contributed by atoms with van der Waals surface area (Å²) in [6.45, 7) is 8.28. The number of hydrogen-bond acceptors (Lipinski definition) is 11. The molecule has 0 radical (unpaired) electrons. The van der Waals surface area contributed by atoms with Gasteiger partial charge in [-0.3, -0.25) is 23.4 Å². The number of carbonyl (C=O) groups excluding carboxylic acids is 3. The summed E-state index contributed by atoms with van der Waals surface area (Å²) in [7, 11) is 1.31. The highest BCUT2D eigenvalue weighted by atomic mass is 31.2. The van der Waals surface area contributed by atoms with Crippen molar-refractivity contribution in [2.75, 3.05) is 47.5 Å². The van der Waals surface area contributed by atoms with E-state index in [-0.39, 0.29) is 50.1 Å². The summed E-state index contributed by atoms with van der Waals surface area (Å²) in [6, 6.07) is 0. The first-order chi connectivity index (χ1) is 29.5. The second-order valence-corrected chi connectivity index (χ2v) is 20.0. The maximum Gasteiger partial charge on any atom is 0.472 e. The number of likely N-dealkylation sites (N-methyl/N-ethyl adjacent to an activating group) is 1. The lowest BCUT2D eigenvalue weighted by molar-refractivity contribution is -0.870. The summed E-state index contributed by atoms with van der Waals surface area (Å²) < 4.78 is 40.6. The molecule has 0 spiro atoms. The summed E-state index contributed by atoms with van der Waals surface area (Å²) in [5.41, 5.74) is 2.58. The number of hydrogen-bond donors (Lipinski definition) is 3. The first-order valence-electron chi connectivity index (χ1n) is 23.9. The SMILES string of the molecule is CCCCCc1oc(CCCCCCCCC(=O)OC[C@H](COP(=O)(O)OCC[N+](C)(C)C)OC(=O)CCCCCC[C@H]2C(=O)C[C@@H](O)[C@@H]2/C=C/[C@@H](O)CCCCC)c(C)c1C. The van der Waals surface area contributed by atoms with Crippen molar-refractivity contribution in [2.45, 2.75) is 194 Å². The van der Waals surface area contributed by atoms with E-state index in [1.165, 1.54) is 24.0 Å². The number of rotatable bonds is 36. The van der Waals surface area contributed by atoms with E-state index in [1.807, 2.05) is 27.2 Å². The van der Waals surface area contributed by atoms with E-state index in [1.54, 1.807) is 6.08 Å². The molecule has 6 atom stereocenters. The zero-order valence-electron chi connectivity index (χ0n) is 39.5. The predicted octanol–water partition coefficient (Wildman–Crippen LogP) is 9.60. The normalized spacial score (nSPS) is 18.9. The molecule has 0 saturated heterocycles. The van der Waals surface area contributed by atoms with E-state index in [0.29, 0.717) is 43.1 Å². The lowest BCUT2D eigenvalue weighted by atomic mass is 9.88. The van der Waals surface area contributed by atoms with Crippen LogP contribution in [0, 0.1) is 25.7 Å². The summed E-state index contributed by atoms with van der Waals surface area (Å²) >= 11 is 0. The van der Waals surface area contributed by atoms with Crippen LogP contribution in [0.5, 0.6) is 0 Å². The maximum absolute atomic E-state index is 12.9. The third-order valence-electron chi connectivity index (χ3n) is 11.9. The van der Waals surface area contributed by atoms with E-state index in [9.17, 15) is 34.1 Å². The second-order valence-electron chi connectivity index (χ2n) is 18.5. The van der Waals surface area contributed by atoms with Crippen LogP contribution < -0.4 is 0 Å². The minimum Gasteiger partial charge on any atom is -0.466 e. The van der Waals surface area contributed by atoms with E-state index in [4.69, 9.17) is 22.9 Å². The molecule has 13 nitrogen and oxygen atoms in total. The van der Waals surface area contributed by atoms with E-state index < -0.39 is 44.7 Å². The third-order valence-corrected chi connectivity index (χ3v) is 12.9. The van der Waals surface area contributed by atoms with Gasteiger partial charge in [0, 0.05) is 43.9 Å². The van der Waals surface area contributed by atoms with Crippen LogP contribution in [-0.2, 0) is 50.3 Å². The number of ether oxygens (including phenoxy) is 2. The minimum atomic E-state index is -4.46. The lowest BCUT2D eigenvalue weighted by Gasteiger charge is -2.24. The molecule has 1 saturated carbocycles. The minimum absolute atomic E-state index is 0.0187. The summed E-state index contributed by atoms with van der Waals surface area (Å²) in [5, 5.41) is 20.8. The van der Waals surface area contributed by atoms with E-state index in [0.717, 1.165) is 95.0 Å². The molecule has 1 heterocycles. The van der Waals surface area contributed by atoms with E-state index in [2.05, 4.69) is 27.7 Å². The van der Waals surface area contributed by atoms with Crippen molar-refractivity contribution >= 4 is 25.5 Å². The fourth-order valence-corrected chi connectivity index (χ4v) is 8.54. The highest BCUT2D eigenvalue weighted by molar-refractivity contribution is 7.47. The third kappa shape index (κ3) is 24.1. The molecule has 14 heteroatoms. The highest BCUT2D eigenvalue weighted by Crippen LogP contribution is 2.43. The number of esters is 2. The number of phosphoric acid groups is 1. The topological polar surface area (TPSA) is 179 Å². The molecule has 1 aromatic heterocycles. The lowest BCUT2D eigenvalue weighted by Crippen LogP contribution is -2.37. The molecular formula is C48H85NO12P+. The number of aryl methyl sites for hydroxylation is 2. The fourth-order valence-electron chi connectivity index (χ4n) is 7.79. The first kappa shape index (κ1) is 55.8. The van der Waals surface area contributed by atoms with Gasteiger partial charge in [0.15, 0.2) is 6.10 Å². The average Bonchev–Trinajstić information content (AvgIpc) is 3.63. The molecule has 1 aliphatic carbocycles. The van der Waals surface area contributed by atoms with Gasteiger partial charge in [-0.1, -0.05) is 103 Å². The molecule has 0 bridgehead atoms. The van der Waals surface area contributed by atoms with Crippen LogP contribution >= 0.6 is 7.82 Å². The van der Waals surface area contributed by atoms with Crippen LogP contribution in [0.25, 0.3) is 0 Å². The highest BCUT2D eigenvalue weighted by Gasteiger charge is 2.39. The van der Waals surface area contributed by atoms with Crippen molar-refractivity contribution in [3.8, 4) is 0 Å². The molecule has 1 unspecified atom stereocenters. The Morgan fingerprint density at radius 2 is 1.37 bits per heavy atom. The molecule has 1 fully saturated rings. The molecule has 0 aromatic carbocycles. The Hall–Kier alpha value is -2.38. The molecule has 0 amide bonds. The smallest absolute Gasteiger partial charge is 0.466 e. The van der Waals surface area contributed by atoms with Gasteiger partial charge < -0.3 is 33.5 Å². The summed E-state index contributed by atoms with van der Waals surface area (Å²) in [5.74, 6) is 0.711. The molecule has 1 aliphatic rings. The summed E-state index contributed by atoms with van der Waals surface area (Å²) in [4.78, 5) is 48.4. The number of quaternary nitrogens is 1. The fraction of sp³-hybridized carbons (Fsp3) is 0.812. The molecule has 2 rings (SSSR count). The van der Waals surface area contributed by atoms with Crippen molar-refractivity contribution < 1.29 is 61.5 Å². The van der Waals surface area contributed by atoms with Gasteiger partial charge in [-0.15, -0.1) is 0 Å². The second kappa shape index (κ2) is 30.7. The number of unbranched alkanes of at least 4 members (excludes halogenated alkanes) is 12. The molecular weight excluding hydrogens is 813 g/mol. The van der Waals surface area contributed by atoms with Crippen LogP contribution in [0.1, 0.15) is 171 Å². The van der Waals surface area contributed by atoms with Crippen molar-refractivity contribution in [3.05, 3.63) is 34.8 Å². The Labute approximate surface area is 373 Å². The predicted molar refractivity (Wildman–Crippen MR) is 243 cm³/mol. The van der Waals surface area contributed by atoms with Crippen molar-refractivity contribution in [1.29, 1.82) is 0 Å². The van der Waals surface area contributed by atoms with Crippen LogP contribution in [-0.4, -0.2) is 103 Å². The quantitative estimate of drug-likeness (QED) is 0.0191. The number of carbonyl (C=O) groups is 3. The summed E-state index contributed by atoms with van der Waals surface area (Å²) in [6.07, 6.45) is 19.9. The number of ketones is 1. The number of aliphatic hydroxyl groups is 2. The average molecular weight is 899 g/mol. The standard InChI is InChI=1S/C48H84NO12P/c1-8-10-18-24-39(50)30-31-42-41(43(51)34-44(42)52)25-20-16-17-23-29-48(54)60-40(36-59-62(55,56)58-33-32-49(5,6)7)35-57-47(53)28-22-15-13-12-14-21-27-46-38(4)37(3)45(61-46)26-19-11-9-2/h30-31,39-42,44,50,52H,8-29,32-36H2,1-7H3/p+1/b31-30+/t39-,40+,41+,42+,44+/m0/s1. The Kier molecular flexibility index (Phi) is 27.6. The van der Waals surface area contributed by atoms with Crippen molar-refractivity contribution in [2.24, 2.45) is 11.8 Å². The number of nitrogens with zero attached hydrogens (tertiary/aromatic N) is 1. The van der Waals surface area contributed by atoms with Gasteiger partial charge in [-0.2, -0.15) is 0 Å². The van der Waals surface area contributed by atoms with E-state index >= 15 is 0 Å². The Bertz CT molecular complexity index is 1500. The number of furan rings is 1. The van der Waals surface area contributed by atoms with Gasteiger partial charge in [-0.25, -0.2) is 4.57 Å². The number of Topliss-reactive ketones (excluding diaryl/α,β-unsaturated/α-hetero) is 1. The molecule has 3 N–H and O–H groups in total. The Morgan fingerprint density at radius 1 is 0.806 bits per heavy atom. The largest absolute Gasteiger partial charge is 0.472 e. The van der Waals surface area contributed by atoms with Gasteiger partial charge in [0.1, 0.15) is 37.1 Å². The van der Waals surface area contributed by atoms with Crippen molar-refractivity contribution in [3.63, 3.8) is 0 Å². The molecule has 0 aliphatic heterocycles. The number of phosphoric ester groups is 1. The molecule has 358 valence electrons. The maximum atomic E-state index is 12.9. The monoisotopic (exact) mass is 899 g/mol. The van der Waals surface area contributed by atoms with Gasteiger partial charge >= 0.3 is 19.8 Å². The number of aliphatic hydroxyl groups excluding tert-OH is 2. The Morgan fingerprint density at radius 3 is 2.00 bits per heavy atom. The zero-order valence-corrected chi connectivity index (χ0v) is 40.4. The van der Waals surface area contributed by atoms with Crippen LogP contribution in [0.15, 0.2) is 16.6 Å². The zero-order chi connectivity index (χ0) is 46.0. The van der Waals surface area contributed by atoms with Crippen LogP contribution in [0.4, 0.5) is 0 Å². The van der Waals surface area contributed by atoms with Crippen LogP contribution in [0.2, 0.25) is 0 Å². The Balaban J connectivity index is 1.76. The van der Waals surface area contributed by atoms with Gasteiger partial charge in [0.2, 0.25) is 0 Å². The molecule has 62 heavy (non-hydrogen) atoms.